The van der Waals surface area contributed by atoms with Gasteiger partial charge in [0.15, 0.2) is 0 Å². The summed E-state index contributed by atoms with van der Waals surface area (Å²) in [5, 5.41) is 8.26. The minimum absolute atomic E-state index is 0.000318. The molecule has 0 aromatic rings. The van der Waals surface area contributed by atoms with Gasteiger partial charge in [0.1, 0.15) is 0 Å². The molecule has 0 aromatic carbocycles. The van der Waals surface area contributed by atoms with Crippen molar-refractivity contribution >= 4 is 11.8 Å². The molecule has 0 saturated carbocycles. The summed E-state index contributed by atoms with van der Waals surface area (Å²) in [5.74, 6) is -0.206. The minimum atomic E-state index is -0.169. The molecule has 1 aliphatic rings. The van der Waals surface area contributed by atoms with Crippen LogP contribution >= 0.6 is 0 Å². The first-order valence-corrected chi connectivity index (χ1v) is 4.87. The largest absolute Gasteiger partial charge is 0.358 e. The van der Waals surface area contributed by atoms with E-state index in [0.29, 0.717) is 0 Å². The maximum absolute atomic E-state index is 11.5. The second-order valence-corrected chi connectivity index (χ2v) is 3.53. The van der Waals surface area contributed by atoms with E-state index in [4.69, 9.17) is 0 Å². The van der Waals surface area contributed by atoms with Crippen LogP contribution in [0.4, 0.5) is 0 Å². The Bertz CT molecular complexity index is 230. The molecular weight excluding hydrogens is 182 g/mol. The lowest BCUT2D eigenvalue weighted by Gasteiger charge is -2.14. The molecule has 0 aliphatic carbocycles. The van der Waals surface area contributed by atoms with Crippen LogP contribution in [0, 0.1) is 5.92 Å². The van der Waals surface area contributed by atoms with Gasteiger partial charge in [-0.25, -0.2) is 0 Å². The molecule has 2 unspecified atom stereocenters. The molecule has 2 amide bonds. The second-order valence-electron chi connectivity index (χ2n) is 3.53. The van der Waals surface area contributed by atoms with Crippen LogP contribution in [-0.4, -0.2) is 38.0 Å². The van der Waals surface area contributed by atoms with E-state index >= 15 is 0 Å². The van der Waals surface area contributed by atoms with Gasteiger partial charge < -0.3 is 16.0 Å². The first kappa shape index (κ1) is 11.0. The van der Waals surface area contributed by atoms with Crippen molar-refractivity contribution in [2.24, 2.45) is 5.92 Å². The molecule has 1 rings (SSSR count). The van der Waals surface area contributed by atoms with Gasteiger partial charge in [-0.2, -0.15) is 0 Å². The maximum Gasteiger partial charge on any atom is 0.239 e. The number of rotatable bonds is 3. The molecule has 2 atom stereocenters. The second kappa shape index (κ2) is 4.95. The molecule has 1 heterocycles. The average molecular weight is 199 g/mol. The molecule has 5 heteroatoms. The van der Waals surface area contributed by atoms with Crippen molar-refractivity contribution in [3.63, 3.8) is 0 Å². The lowest BCUT2D eigenvalue weighted by molar-refractivity contribution is -0.128. The smallest absolute Gasteiger partial charge is 0.239 e. The summed E-state index contributed by atoms with van der Waals surface area (Å²) >= 11 is 0. The third-order valence-electron chi connectivity index (χ3n) is 2.56. The van der Waals surface area contributed by atoms with Crippen molar-refractivity contribution in [2.45, 2.75) is 19.4 Å². The zero-order valence-corrected chi connectivity index (χ0v) is 8.59. The van der Waals surface area contributed by atoms with E-state index in [0.717, 1.165) is 13.0 Å². The topological polar surface area (TPSA) is 70.2 Å². The van der Waals surface area contributed by atoms with Crippen LogP contribution in [0.1, 0.15) is 13.3 Å². The molecule has 0 spiro atoms. The quantitative estimate of drug-likeness (QED) is 0.537. The maximum atomic E-state index is 11.5. The normalized spacial score (nSPS) is 25.9. The number of nitrogens with one attached hydrogen (secondary N) is 3. The highest BCUT2D eigenvalue weighted by atomic mass is 16.2. The number of carbonyl (C=O) groups is 2. The Morgan fingerprint density at radius 1 is 1.50 bits per heavy atom. The predicted octanol–water partition coefficient (Wildman–Crippen LogP) is -1.15. The summed E-state index contributed by atoms with van der Waals surface area (Å²) in [5.41, 5.74) is 0. The van der Waals surface area contributed by atoms with Gasteiger partial charge in [0, 0.05) is 13.1 Å². The van der Waals surface area contributed by atoms with E-state index in [1.165, 1.54) is 0 Å². The Morgan fingerprint density at radius 3 is 2.71 bits per heavy atom. The van der Waals surface area contributed by atoms with Crippen molar-refractivity contribution < 1.29 is 9.59 Å². The summed E-state index contributed by atoms with van der Waals surface area (Å²) in [6.45, 7) is 2.93. The zero-order chi connectivity index (χ0) is 10.6. The van der Waals surface area contributed by atoms with E-state index in [2.05, 4.69) is 16.0 Å². The van der Waals surface area contributed by atoms with Crippen LogP contribution in [0.3, 0.4) is 0 Å². The molecule has 0 bridgehead atoms. The van der Waals surface area contributed by atoms with Gasteiger partial charge in [-0.15, -0.1) is 0 Å². The van der Waals surface area contributed by atoms with E-state index in [1.807, 2.05) is 6.92 Å². The van der Waals surface area contributed by atoms with Crippen LogP contribution in [0.25, 0.3) is 0 Å². The molecule has 1 aliphatic heterocycles. The Balaban J connectivity index is 2.31. The molecule has 1 saturated heterocycles. The highest BCUT2D eigenvalue weighted by Gasteiger charge is 2.29. The fourth-order valence-corrected chi connectivity index (χ4v) is 1.60. The Kier molecular flexibility index (Phi) is 3.88. The van der Waals surface area contributed by atoms with Gasteiger partial charge in [0.2, 0.25) is 11.8 Å². The molecule has 1 fully saturated rings. The molecular formula is C9H17N3O2. The van der Waals surface area contributed by atoms with Crippen LogP contribution in [0.2, 0.25) is 0 Å². The van der Waals surface area contributed by atoms with E-state index in [1.54, 1.807) is 7.05 Å². The van der Waals surface area contributed by atoms with Gasteiger partial charge in [0.05, 0.1) is 12.5 Å². The predicted molar refractivity (Wildman–Crippen MR) is 52.6 cm³/mol. The summed E-state index contributed by atoms with van der Waals surface area (Å²) in [6.07, 6.45) is 0.848. The number of carbonyl (C=O) groups excluding carboxylic acids is 2. The molecule has 80 valence electrons. The molecule has 14 heavy (non-hydrogen) atoms. The Labute approximate surface area is 83.6 Å². The van der Waals surface area contributed by atoms with Crippen LogP contribution in [0.15, 0.2) is 0 Å². The van der Waals surface area contributed by atoms with Gasteiger partial charge in [-0.3, -0.25) is 9.59 Å². The highest BCUT2D eigenvalue weighted by Crippen LogP contribution is 2.14. The first-order valence-electron chi connectivity index (χ1n) is 4.87. The average Bonchev–Trinajstić information content (AvgIpc) is 2.60. The summed E-state index contributed by atoms with van der Waals surface area (Å²) in [7, 11) is 1.55. The van der Waals surface area contributed by atoms with Crippen molar-refractivity contribution in [1.82, 2.24) is 16.0 Å². The summed E-state index contributed by atoms with van der Waals surface area (Å²) in [4.78, 5) is 22.4. The number of likely N-dealkylation sites (N-methyl/N-ethyl adjacent to an activating group) is 1. The summed E-state index contributed by atoms with van der Waals surface area (Å²) < 4.78 is 0. The number of hydrogen-bond donors (Lipinski definition) is 3. The van der Waals surface area contributed by atoms with E-state index < -0.39 is 0 Å². The number of hydrogen-bond acceptors (Lipinski definition) is 3. The lowest BCUT2D eigenvalue weighted by atomic mass is 10.0. The SMILES string of the molecule is CNC(=O)CNC(=O)C1CCNC1C. The Hall–Kier alpha value is -1.10. The van der Waals surface area contributed by atoms with Gasteiger partial charge in [0.25, 0.3) is 0 Å². The summed E-state index contributed by atoms with van der Waals surface area (Å²) in [6, 6.07) is 0.208. The molecule has 3 N–H and O–H groups in total. The van der Waals surface area contributed by atoms with E-state index in [9.17, 15) is 9.59 Å². The van der Waals surface area contributed by atoms with Gasteiger partial charge >= 0.3 is 0 Å². The van der Waals surface area contributed by atoms with E-state index in [-0.39, 0.29) is 30.3 Å². The first-order chi connectivity index (χ1) is 6.65. The Morgan fingerprint density at radius 2 is 2.21 bits per heavy atom. The van der Waals surface area contributed by atoms with Gasteiger partial charge in [-0.1, -0.05) is 0 Å². The standard InChI is InChI=1S/C9H17N3O2/c1-6-7(3-4-11-6)9(14)12-5-8(13)10-2/h6-7,11H,3-5H2,1-2H3,(H,10,13)(H,12,14). The lowest BCUT2D eigenvalue weighted by Crippen LogP contribution is -2.41. The molecule has 0 aromatic heterocycles. The van der Waals surface area contributed by atoms with Crippen LogP contribution in [-0.2, 0) is 9.59 Å². The fraction of sp³-hybridized carbons (Fsp3) is 0.778. The minimum Gasteiger partial charge on any atom is -0.358 e. The fourth-order valence-electron chi connectivity index (χ4n) is 1.60. The molecule has 0 radical (unpaired) electrons. The van der Waals surface area contributed by atoms with Crippen LogP contribution < -0.4 is 16.0 Å². The van der Waals surface area contributed by atoms with Crippen LogP contribution in [0.5, 0.6) is 0 Å². The van der Waals surface area contributed by atoms with Gasteiger partial charge in [-0.05, 0) is 19.9 Å². The van der Waals surface area contributed by atoms with Crippen molar-refractivity contribution in [3.8, 4) is 0 Å². The zero-order valence-electron chi connectivity index (χ0n) is 8.59. The monoisotopic (exact) mass is 199 g/mol. The number of amides is 2. The third kappa shape index (κ3) is 2.70. The third-order valence-corrected chi connectivity index (χ3v) is 2.56. The highest BCUT2D eigenvalue weighted by molar-refractivity contribution is 5.86. The van der Waals surface area contributed by atoms with Crippen molar-refractivity contribution in [1.29, 1.82) is 0 Å². The van der Waals surface area contributed by atoms with Crippen molar-refractivity contribution in [3.05, 3.63) is 0 Å². The molecule has 5 nitrogen and oxygen atoms in total. The van der Waals surface area contributed by atoms with Crippen molar-refractivity contribution in [2.75, 3.05) is 20.1 Å².